The fourth-order valence-electron chi connectivity index (χ4n) is 0.942. The lowest BCUT2D eigenvalue weighted by Crippen LogP contribution is -2.23. The molecule has 5 nitrogen and oxygen atoms in total. The van der Waals surface area contributed by atoms with Crippen LogP contribution in [0.25, 0.3) is 0 Å². The molecule has 0 atom stereocenters. The number of nitrogens with zero attached hydrogens (tertiary/aromatic N) is 1. The zero-order valence-electron chi connectivity index (χ0n) is 8.75. The topological polar surface area (TPSA) is 60.5 Å². The van der Waals surface area contributed by atoms with E-state index in [1.165, 1.54) is 25.4 Å². The second-order valence-electron chi connectivity index (χ2n) is 2.88. The molecule has 0 fully saturated rings. The predicted octanol–water partition coefficient (Wildman–Crippen LogP) is 2.20. The van der Waals surface area contributed by atoms with E-state index in [9.17, 15) is 18.0 Å². The van der Waals surface area contributed by atoms with Gasteiger partial charge in [-0.3, -0.25) is 5.32 Å². The van der Waals surface area contributed by atoms with Crippen molar-refractivity contribution in [2.24, 2.45) is 0 Å². The molecule has 1 aromatic rings. The molecular formula is C9H9F3N2O3. The predicted molar refractivity (Wildman–Crippen MR) is 51.8 cm³/mol. The van der Waals surface area contributed by atoms with Gasteiger partial charge in [-0.05, 0) is 12.1 Å². The van der Waals surface area contributed by atoms with E-state index in [1.54, 1.807) is 0 Å². The molecule has 1 amide bonds. The van der Waals surface area contributed by atoms with Gasteiger partial charge in [0.25, 0.3) is 0 Å². The molecule has 0 saturated heterocycles. The van der Waals surface area contributed by atoms with E-state index in [2.05, 4.69) is 15.0 Å². The van der Waals surface area contributed by atoms with Gasteiger partial charge < -0.3 is 9.47 Å². The van der Waals surface area contributed by atoms with Crippen molar-refractivity contribution in [2.75, 3.05) is 19.0 Å². The molecule has 0 aromatic carbocycles. The Hall–Kier alpha value is -1.99. The van der Waals surface area contributed by atoms with Crippen molar-refractivity contribution >= 4 is 11.8 Å². The highest BCUT2D eigenvalue weighted by Crippen LogP contribution is 2.20. The van der Waals surface area contributed by atoms with Crippen molar-refractivity contribution in [2.45, 2.75) is 6.18 Å². The monoisotopic (exact) mass is 250 g/mol. The number of amides is 1. The summed E-state index contributed by atoms with van der Waals surface area (Å²) in [6.45, 7) is -1.65. The number of nitrogens with one attached hydrogen (secondary N) is 1. The molecule has 0 radical (unpaired) electrons. The molecule has 0 saturated carbocycles. The van der Waals surface area contributed by atoms with Gasteiger partial charge in [0.15, 0.2) is 6.61 Å². The van der Waals surface area contributed by atoms with Gasteiger partial charge in [0.1, 0.15) is 5.69 Å². The highest BCUT2D eigenvalue weighted by atomic mass is 19.4. The molecule has 0 aliphatic carbocycles. The van der Waals surface area contributed by atoms with Crippen LogP contribution in [0.1, 0.15) is 0 Å². The van der Waals surface area contributed by atoms with Gasteiger partial charge in [-0.1, -0.05) is 0 Å². The third-order valence-electron chi connectivity index (χ3n) is 1.57. The first-order valence-electron chi connectivity index (χ1n) is 4.42. The molecule has 0 aliphatic heterocycles. The maximum absolute atomic E-state index is 11.8. The maximum Gasteiger partial charge on any atom is 0.422 e. The average molecular weight is 250 g/mol. The van der Waals surface area contributed by atoms with Crippen molar-refractivity contribution in [3.8, 4) is 5.88 Å². The summed E-state index contributed by atoms with van der Waals surface area (Å²) in [7, 11) is 1.31. The number of carbonyl (C=O) groups excluding carboxylic acids is 1. The Balaban J connectivity index is 2.56. The highest BCUT2D eigenvalue weighted by Gasteiger charge is 2.29. The molecule has 1 rings (SSSR count). The Morgan fingerprint density at radius 3 is 2.82 bits per heavy atom. The van der Waals surface area contributed by atoms with Gasteiger partial charge in [-0.25, -0.2) is 9.78 Å². The van der Waals surface area contributed by atoms with Gasteiger partial charge >= 0.3 is 12.3 Å². The van der Waals surface area contributed by atoms with Crippen LogP contribution in [-0.4, -0.2) is 31.0 Å². The Labute approximate surface area is 94.5 Å². The van der Waals surface area contributed by atoms with Crippen LogP contribution in [0.5, 0.6) is 5.88 Å². The SMILES string of the molecule is COc1ncccc1NC(=O)OCC(F)(F)F. The number of pyridine rings is 1. The van der Waals surface area contributed by atoms with Crippen LogP contribution >= 0.6 is 0 Å². The van der Waals surface area contributed by atoms with E-state index >= 15 is 0 Å². The summed E-state index contributed by atoms with van der Waals surface area (Å²) in [5, 5.41) is 2.09. The van der Waals surface area contributed by atoms with Crippen molar-refractivity contribution < 1.29 is 27.4 Å². The third-order valence-corrected chi connectivity index (χ3v) is 1.57. The van der Waals surface area contributed by atoms with Gasteiger partial charge in [-0.2, -0.15) is 13.2 Å². The number of anilines is 1. The first kappa shape index (κ1) is 13.1. The van der Waals surface area contributed by atoms with E-state index < -0.39 is 18.9 Å². The highest BCUT2D eigenvalue weighted by molar-refractivity contribution is 5.86. The van der Waals surface area contributed by atoms with Crippen LogP contribution in [0.15, 0.2) is 18.3 Å². The first-order chi connectivity index (χ1) is 7.92. The molecule has 1 N–H and O–H groups in total. The van der Waals surface area contributed by atoms with Crippen molar-refractivity contribution in [1.82, 2.24) is 4.98 Å². The van der Waals surface area contributed by atoms with Gasteiger partial charge in [0.05, 0.1) is 7.11 Å². The lowest BCUT2D eigenvalue weighted by molar-refractivity contribution is -0.159. The molecule has 0 spiro atoms. The van der Waals surface area contributed by atoms with Crippen LogP contribution in [0.3, 0.4) is 0 Å². The van der Waals surface area contributed by atoms with Crippen LogP contribution < -0.4 is 10.1 Å². The van der Waals surface area contributed by atoms with E-state index in [-0.39, 0.29) is 11.6 Å². The maximum atomic E-state index is 11.8. The Morgan fingerprint density at radius 2 is 2.24 bits per heavy atom. The number of ether oxygens (including phenoxy) is 2. The lowest BCUT2D eigenvalue weighted by atomic mass is 10.4. The molecule has 0 bridgehead atoms. The molecular weight excluding hydrogens is 241 g/mol. The van der Waals surface area contributed by atoms with E-state index in [4.69, 9.17) is 4.74 Å². The summed E-state index contributed by atoms with van der Waals surface area (Å²) in [6, 6.07) is 2.91. The van der Waals surface area contributed by atoms with E-state index in [1.807, 2.05) is 0 Å². The summed E-state index contributed by atoms with van der Waals surface area (Å²) < 4.78 is 44.0. The number of hydrogen-bond acceptors (Lipinski definition) is 4. The summed E-state index contributed by atoms with van der Waals surface area (Å²) in [5.74, 6) is 0.0801. The number of methoxy groups -OCH3 is 1. The Kier molecular flexibility index (Phi) is 4.13. The van der Waals surface area contributed by atoms with Crippen molar-refractivity contribution in [3.05, 3.63) is 18.3 Å². The largest absolute Gasteiger partial charge is 0.480 e. The zero-order valence-corrected chi connectivity index (χ0v) is 8.75. The molecule has 94 valence electrons. The van der Waals surface area contributed by atoms with Crippen LogP contribution in [0.4, 0.5) is 23.7 Å². The number of alkyl halides is 3. The second kappa shape index (κ2) is 5.37. The van der Waals surface area contributed by atoms with Crippen LogP contribution in [0.2, 0.25) is 0 Å². The normalized spacial score (nSPS) is 10.8. The fraction of sp³-hybridized carbons (Fsp3) is 0.333. The molecule has 1 heterocycles. The number of aromatic nitrogens is 1. The number of halogens is 3. The molecule has 0 unspecified atom stereocenters. The van der Waals surface area contributed by atoms with E-state index in [0.29, 0.717) is 0 Å². The second-order valence-corrected chi connectivity index (χ2v) is 2.88. The summed E-state index contributed by atoms with van der Waals surface area (Å²) in [6.07, 6.45) is -4.38. The molecule has 0 aliphatic rings. The minimum Gasteiger partial charge on any atom is -0.480 e. The summed E-state index contributed by atoms with van der Waals surface area (Å²) >= 11 is 0. The summed E-state index contributed by atoms with van der Waals surface area (Å²) in [4.78, 5) is 14.8. The first-order valence-corrected chi connectivity index (χ1v) is 4.42. The third kappa shape index (κ3) is 4.58. The average Bonchev–Trinajstić information content (AvgIpc) is 2.26. The number of carbonyl (C=O) groups is 1. The molecule has 17 heavy (non-hydrogen) atoms. The summed E-state index contributed by atoms with van der Waals surface area (Å²) in [5.41, 5.74) is 0.127. The number of rotatable bonds is 3. The van der Waals surface area contributed by atoms with Gasteiger partial charge in [0, 0.05) is 6.20 Å². The molecule has 8 heteroatoms. The van der Waals surface area contributed by atoms with Gasteiger partial charge in [-0.15, -0.1) is 0 Å². The minimum absolute atomic E-state index is 0.0801. The van der Waals surface area contributed by atoms with Crippen molar-refractivity contribution in [1.29, 1.82) is 0 Å². The Bertz CT molecular complexity index is 395. The fourth-order valence-corrected chi connectivity index (χ4v) is 0.942. The van der Waals surface area contributed by atoms with E-state index in [0.717, 1.165) is 0 Å². The Morgan fingerprint density at radius 1 is 1.53 bits per heavy atom. The van der Waals surface area contributed by atoms with Crippen LogP contribution in [-0.2, 0) is 4.74 Å². The number of hydrogen-bond donors (Lipinski definition) is 1. The standard InChI is InChI=1S/C9H9F3N2O3/c1-16-7-6(3-2-4-13-7)14-8(15)17-5-9(10,11)12/h2-4H,5H2,1H3,(H,14,15). The quantitative estimate of drug-likeness (QED) is 0.893. The van der Waals surface area contributed by atoms with Crippen molar-refractivity contribution in [3.63, 3.8) is 0 Å². The molecule has 1 aromatic heterocycles. The van der Waals surface area contributed by atoms with Gasteiger partial charge in [0.2, 0.25) is 5.88 Å². The lowest BCUT2D eigenvalue weighted by Gasteiger charge is -2.10. The van der Waals surface area contributed by atoms with Crippen LogP contribution in [0, 0.1) is 0 Å². The smallest absolute Gasteiger partial charge is 0.422 e. The zero-order chi connectivity index (χ0) is 12.9. The minimum atomic E-state index is -4.56.